The summed E-state index contributed by atoms with van der Waals surface area (Å²) in [7, 11) is 4.04. The second kappa shape index (κ2) is 9.27. The largest absolute Gasteiger partial charge is 0.333 e. The van der Waals surface area contributed by atoms with E-state index in [4.69, 9.17) is 0 Å². The summed E-state index contributed by atoms with van der Waals surface area (Å²) in [6, 6.07) is 8.11. The molecular formula is C23H32N4O2. The zero-order chi connectivity index (χ0) is 21.0. The van der Waals surface area contributed by atoms with E-state index in [1.807, 2.05) is 38.5 Å². The van der Waals surface area contributed by atoms with Crippen LogP contribution in [-0.4, -0.2) is 58.5 Å². The Morgan fingerprint density at radius 3 is 2.07 bits per heavy atom. The third kappa shape index (κ3) is 4.37. The number of carbonyl (C=O) groups is 2. The maximum Gasteiger partial charge on any atom is 0.278 e. The summed E-state index contributed by atoms with van der Waals surface area (Å²) in [6.07, 6.45) is 7.55. The van der Waals surface area contributed by atoms with E-state index in [1.165, 1.54) is 0 Å². The predicted octanol–water partition coefficient (Wildman–Crippen LogP) is 3.73. The van der Waals surface area contributed by atoms with E-state index in [2.05, 4.69) is 29.4 Å². The van der Waals surface area contributed by atoms with Crippen molar-refractivity contribution >= 4 is 28.8 Å². The van der Waals surface area contributed by atoms with E-state index >= 15 is 0 Å². The van der Waals surface area contributed by atoms with Crippen molar-refractivity contribution in [3.63, 3.8) is 0 Å². The molecular weight excluding hydrogens is 364 g/mol. The van der Waals surface area contributed by atoms with Gasteiger partial charge in [0.15, 0.2) is 0 Å². The summed E-state index contributed by atoms with van der Waals surface area (Å²) in [5, 5.41) is 4.34. The molecule has 1 fully saturated rings. The van der Waals surface area contributed by atoms with Gasteiger partial charge in [0.25, 0.3) is 11.8 Å². The smallest absolute Gasteiger partial charge is 0.278 e. The molecule has 29 heavy (non-hydrogen) atoms. The number of amides is 2. The summed E-state index contributed by atoms with van der Waals surface area (Å²) in [5.74, 6) is -0.354. The molecule has 6 nitrogen and oxygen atoms in total. The molecule has 0 saturated carbocycles. The fraction of sp³-hybridized carbons (Fsp3) is 0.478. The molecule has 2 heterocycles. The summed E-state index contributed by atoms with van der Waals surface area (Å²) in [5.41, 5.74) is 2.27. The van der Waals surface area contributed by atoms with Crippen molar-refractivity contribution in [1.29, 1.82) is 0 Å². The molecule has 6 heteroatoms. The van der Waals surface area contributed by atoms with E-state index in [9.17, 15) is 9.59 Å². The number of unbranched alkanes of at least 4 members (excludes halogenated alkanes) is 2. The van der Waals surface area contributed by atoms with Gasteiger partial charge in [-0.3, -0.25) is 14.5 Å². The normalized spacial score (nSPS) is 14.7. The quantitative estimate of drug-likeness (QED) is 0.479. The van der Waals surface area contributed by atoms with Crippen LogP contribution in [0.15, 0.2) is 36.0 Å². The second-order valence-corrected chi connectivity index (χ2v) is 7.91. The van der Waals surface area contributed by atoms with Crippen LogP contribution in [0.5, 0.6) is 0 Å². The molecule has 2 aromatic rings. The third-order valence-electron chi connectivity index (χ3n) is 5.22. The lowest BCUT2D eigenvalue weighted by Crippen LogP contribution is -2.42. The van der Waals surface area contributed by atoms with E-state index < -0.39 is 0 Å². The van der Waals surface area contributed by atoms with Crippen LogP contribution in [0.1, 0.15) is 45.1 Å². The first-order valence-electron chi connectivity index (χ1n) is 10.6. The standard InChI is InChI=1S/C23H32N4O2/c1-5-7-13-26-22(28)20(23(29)27(26)14-8-6-2)15-18-16-25(17-24(3)4)21-12-10-9-11-19(18)21/h9-12,15-16H,5-8,13-14,17H2,1-4H3. The highest BCUT2D eigenvalue weighted by atomic mass is 16.2. The first-order valence-corrected chi connectivity index (χ1v) is 10.6. The van der Waals surface area contributed by atoms with Gasteiger partial charge in [-0.1, -0.05) is 44.9 Å². The van der Waals surface area contributed by atoms with Crippen LogP contribution in [0.3, 0.4) is 0 Å². The summed E-state index contributed by atoms with van der Waals surface area (Å²) < 4.78 is 2.15. The highest BCUT2D eigenvalue weighted by Crippen LogP contribution is 2.28. The van der Waals surface area contributed by atoms with Crippen LogP contribution in [0.4, 0.5) is 0 Å². The minimum atomic E-state index is -0.177. The zero-order valence-corrected chi connectivity index (χ0v) is 18.0. The van der Waals surface area contributed by atoms with E-state index in [0.29, 0.717) is 13.1 Å². The topological polar surface area (TPSA) is 48.8 Å². The summed E-state index contributed by atoms with van der Waals surface area (Å²) in [6.45, 7) is 6.09. The molecule has 0 unspecified atom stereocenters. The maximum absolute atomic E-state index is 13.1. The number of aromatic nitrogens is 1. The number of rotatable bonds is 9. The van der Waals surface area contributed by atoms with Gasteiger partial charge in [-0.05, 0) is 39.1 Å². The van der Waals surface area contributed by atoms with Crippen molar-refractivity contribution in [3.8, 4) is 0 Å². The molecule has 0 radical (unpaired) electrons. The van der Waals surface area contributed by atoms with Gasteiger partial charge in [0.05, 0.1) is 6.67 Å². The Hall–Kier alpha value is -2.60. The molecule has 1 aliphatic rings. The van der Waals surface area contributed by atoms with Crippen LogP contribution in [0.2, 0.25) is 0 Å². The molecule has 3 rings (SSSR count). The van der Waals surface area contributed by atoms with E-state index in [0.717, 1.165) is 48.8 Å². The minimum Gasteiger partial charge on any atom is -0.333 e. The SMILES string of the molecule is CCCCN1C(=O)C(=Cc2cn(CN(C)C)c3ccccc23)C(=O)N1CCCC. The van der Waals surface area contributed by atoms with E-state index in [1.54, 1.807) is 16.1 Å². The molecule has 0 N–H and O–H groups in total. The Morgan fingerprint density at radius 2 is 1.52 bits per heavy atom. The number of carbonyl (C=O) groups excluding carboxylic acids is 2. The molecule has 0 atom stereocenters. The van der Waals surface area contributed by atoms with Crippen LogP contribution in [0.25, 0.3) is 17.0 Å². The number of para-hydroxylation sites is 1. The van der Waals surface area contributed by atoms with Crippen molar-refractivity contribution in [2.24, 2.45) is 0 Å². The molecule has 2 amide bonds. The fourth-order valence-corrected chi connectivity index (χ4v) is 3.74. The maximum atomic E-state index is 13.1. The van der Waals surface area contributed by atoms with Gasteiger partial charge in [-0.2, -0.15) is 0 Å². The predicted molar refractivity (Wildman–Crippen MR) is 117 cm³/mol. The van der Waals surface area contributed by atoms with Crippen LogP contribution in [-0.2, 0) is 16.3 Å². The Labute approximate surface area is 173 Å². The van der Waals surface area contributed by atoms with Gasteiger partial charge >= 0.3 is 0 Å². The Kier molecular flexibility index (Phi) is 6.75. The zero-order valence-electron chi connectivity index (χ0n) is 18.0. The molecule has 156 valence electrons. The summed E-state index contributed by atoms with van der Waals surface area (Å²) >= 11 is 0. The summed E-state index contributed by atoms with van der Waals surface area (Å²) in [4.78, 5) is 28.3. The van der Waals surface area contributed by atoms with Gasteiger partial charge in [-0.15, -0.1) is 0 Å². The average molecular weight is 397 g/mol. The van der Waals surface area contributed by atoms with Gasteiger partial charge < -0.3 is 4.57 Å². The molecule has 0 aliphatic carbocycles. The second-order valence-electron chi connectivity index (χ2n) is 7.91. The Morgan fingerprint density at radius 1 is 0.931 bits per heavy atom. The lowest BCUT2D eigenvalue weighted by molar-refractivity contribution is -0.147. The Balaban J connectivity index is 2.00. The van der Waals surface area contributed by atoms with Gasteiger partial charge in [-0.25, -0.2) is 10.0 Å². The number of hydrazine groups is 1. The molecule has 1 aromatic carbocycles. The lowest BCUT2D eigenvalue weighted by atomic mass is 10.1. The first kappa shape index (κ1) is 21.1. The molecule has 1 saturated heterocycles. The number of hydrogen-bond acceptors (Lipinski definition) is 3. The number of fused-ring (bicyclic) bond motifs is 1. The third-order valence-corrected chi connectivity index (χ3v) is 5.22. The van der Waals surface area contributed by atoms with Crippen LogP contribution >= 0.6 is 0 Å². The van der Waals surface area contributed by atoms with Gasteiger partial charge in [0.2, 0.25) is 0 Å². The highest BCUT2D eigenvalue weighted by Gasteiger charge is 2.40. The minimum absolute atomic E-state index is 0.177. The molecule has 0 spiro atoms. The molecule has 1 aromatic heterocycles. The van der Waals surface area contributed by atoms with Crippen molar-refractivity contribution in [1.82, 2.24) is 19.5 Å². The van der Waals surface area contributed by atoms with Crippen molar-refractivity contribution in [3.05, 3.63) is 41.6 Å². The van der Waals surface area contributed by atoms with Gasteiger partial charge in [0, 0.05) is 35.8 Å². The first-order chi connectivity index (χ1) is 14.0. The monoisotopic (exact) mass is 396 g/mol. The van der Waals surface area contributed by atoms with Crippen molar-refractivity contribution < 1.29 is 9.59 Å². The van der Waals surface area contributed by atoms with Crippen LogP contribution < -0.4 is 0 Å². The van der Waals surface area contributed by atoms with Crippen molar-refractivity contribution in [2.75, 3.05) is 27.2 Å². The fourth-order valence-electron chi connectivity index (χ4n) is 3.74. The van der Waals surface area contributed by atoms with Crippen molar-refractivity contribution in [2.45, 2.75) is 46.2 Å². The van der Waals surface area contributed by atoms with E-state index in [-0.39, 0.29) is 17.4 Å². The average Bonchev–Trinajstić information content (AvgIpc) is 3.14. The highest BCUT2D eigenvalue weighted by molar-refractivity contribution is 6.25. The molecule has 1 aliphatic heterocycles. The number of nitrogens with zero attached hydrogens (tertiary/aromatic N) is 4. The van der Waals surface area contributed by atoms with Gasteiger partial charge in [0.1, 0.15) is 5.57 Å². The number of benzene rings is 1. The number of hydrogen-bond donors (Lipinski definition) is 0. The molecule has 0 bridgehead atoms. The van der Waals surface area contributed by atoms with Crippen LogP contribution in [0, 0.1) is 0 Å². The Bertz CT molecular complexity index is 885. The lowest BCUT2D eigenvalue weighted by Gasteiger charge is -2.27.